The molecule has 0 aliphatic rings. The second-order valence-corrected chi connectivity index (χ2v) is 6.03. The standard InChI is InChI=1S/C17H21BrN2O/c1-4-14(19)17(15-7-5-6-8-20-15)21-13-9-11(2)16(18)12(3)10-13/h5-10,14,17H,4,19H2,1-3H3. The first kappa shape index (κ1) is 16.0. The van der Waals surface area contributed by atoms with Gasteiger partial charge in [0.05, 0.1) is 5.69 Å². The zero-order valence-corrected chi connectivity index (χ0v) is 14.2. The van der Waals surface area contributed by atoms with Crippen molar-refractivity contribution < 1.29 is 4.74 Å². The highest BCUT2D eigenvalue weighted by atomic mass is 79.9. The summed E-state index contributed by atoms with van der Waals surface area (Å²) in [5.74, 6) is 0.827. The molecule has 0 spiro atoms. The molecule has 21 heavy (non-hydrogen) atoms. The molecule has 1 aromatic carbocycles. The Morgan fingerprint density at radius 1 is 1.24 bits per heavy atom. The zero-order valence-electron chi connectivity index (χ0n) is 12.6. The number of halogens is 1. The van der Waals surface area contributed by atoms with Gasteiger partial charge in [0.15, 0.2) is 6.10 Å². The number of pyridine rings is 1. The average Bonchev–Trinajstić information content (AvgIpc) is 2.50. The molecule has 2 unspecified atom stereocenters. The highest BCUT2D eigenvalue weighted by Gasteiger charge is 2.22. The molecule has 2 rings (SSSR count). The number of nitrogens with zero attached hydrogens (tertiary/aromatic N) is 1. The number of nitrogens with two attached hydrogens (primary N) is 1. The van der Waals surface area contributed by atoms with Crippen LogP contribution < -0.4 is 10.5 Å². The molecule has 1 aromatic heterocycles. The van der Waals surface area contributed by atoms with Gasteiger partial charge >= 0.3 is 0 Å². The number of aryl methyl sites for hydroxylation is 2. The molecular formula is C17H21BrN2O. The molecule has 0 radical (unpaired) electrons. The summed E-state index contributed by atoms with van der Waals surface area (Å²) in [5, 5.41) is 0. The first-order valence-electron chi connectivity index (χ1n) is 7.12. The molecule has 2 aromatic rings. The summed E-state index contributed by atoms with van der Waals surface area (Å²) in [6, 6.07) is 9.76. The van der Waals surface area contributed by atoms with Gasteiger partial charge < -0.3 is 10.5 Å². The fraction of sp³-hybridized carbons (Fsp3) is 0.353. The van der Waals surface area contributed by atoms with Gasteiger partial charge in [0.25, 0.3) is 0 Å². The SMILES string of the molecule is CCC(N)C(Oc1cc(C)c(Br)c(C)c1)c1ccccn1. The number of ether oxygens (including phenoxy) is 1. The van der Waals surface area contributed by atoms with E-state index in [0.717, 1.165) is 33.5 Å². The Balaban J connectivity index is 2.32. The topological polar surface area (TPSA) is 48.1 Å². The van der Waals surface area contributed by atoms with Crippen LogP contribution in [0.1, 0.15) is 36.3 Å². The van der Waals surface area contributed by atoms with Crippen LogP contribution in [0.5, 0.6) is 5.75 Å². The molecule has 1 heterocycles. The van der Waals surface area contributed by atoms with Crippen LogP contribution in [0, 0.1) is 13.8 Å². The van der Waals surface area contributed by atoms with Crippen LogP contribution in [0.25, 0.3) is 0 Å². The van der Waals surface area contributed by atoms with E-state index in [-0.39, 0.29) is 12.1 Å². The lowest BCUT2D eigenvalue weighted by molar-refractivity contribution is 0.166. The van der Waals surface area contributed by atoms with E-state index < -0.39 is 0 Å². The minimum Gasteiger partial charge on any atom is -0.482 e. The second kappa shape index (κ2) is 7.05. The van der Waals surface area contributed by atoms with Gasteiger partial charge in [-0.25, -0.2) is 0 Å². The number of aromatic nitrogens is 1. The van der Waals surface area contributed by atoms with Crippen molar-refractivity contribution in [2.75, 3.05) is 0 Å². The Bertz CT molecular complexity index is 578. The molecule has 0 saturated carbocycles. The van der Waals surface area contributed by atoms with E-state index in [1.165, 1.54) is 0 Å². The van der Waals surface area contributed by atoms with E-state index in [1.807, 2.05) is 30.3 Å². The first-order chi connectivity index (χ1) is 10.0. The lowest BCUT2D eigenvalue weighted by Crippen LogP contribution is -2.32. The summed E-state index contributed by atoms with van der Waals surface area (Å²) in [5.41, 5.74) is 9.39. The molecule has 0 aliphatic heterocycles. The van der Waals surface area contributed by atoms with Crippen LogP contribution in [0.15, 0.2) is 41.0 Å². The number of hydrogen-bond donors (Lipinski definition) is 1. The summed E-state index contributed by atoms with van der Waals surface area (Å²) >= 11 is 3.57. The minimum absolute atomic E-state index is 0.0934. The summed E-state index contributed by atoms with van der Waals surface area (Å²) in [6.45, 7) is 6.17. The van der Waals surface area contributed by atoms with Gasteiger partial charge in [-0.2, -0.15) is 0 Å². The van der Waals surface area contributed by atoms with Gasteiger partial charge in [-0.15, -0.1) is 0 Å². The fourth-order valence-electron chi connectivity index (χ4n) is 2.25. The van der Waals surface area contributed by atoms with E-state index in [4.69, 9.17) is 10.5 Å². The highest BCUT2D eigenvalue weighted by molar-refractivity contribution is 9.10. The predicted molar refractivity (Wildman–Crippen MR) is 89.5 cm³/mol. The molecule has 2 atom stereocenters. The molecule has 0 fully saturated rings. The van der Waals surface area contributed by atoms with E-state index >= 15 is 0 Å². The summed E-state index contributed by atoms with van der Waals surface area (Å²) < 4.78 is 7.28. The summed E-state index contributed by atoms with van der Waals surface area (Å²) in [6.07, 6.45) is 2.36. The lowest BCUT2D eigenvalue weighted by Gasteiger charge is -2.24. The molecule has 0 aliphatic carbocycles. The molecule has 0 saturated heterocycles. The quantitative estimate of drug-likeness (QED) is 0.875. The largest absolute Gasteiger partial charge is 0.482 e. The third-order valence-corrected chi connectivity index (χ3v) is 4.76. The Hall–Kier alpha value is -1.39. The number of rotatable bonds is 5. The van der Waals surface area contributed by atoms with E-state index in [9.17, 15) is 0 Å². The van der Waals surface area contributed by atoms with Gasteiger partial charge in [0.1, 0.15) is 5.75 Å². The van der Waals surface area contributed by atoms with Crippen LogP contribution in [-0.2, 0) is 0 Å². The van der Waals surface area contributed by atoms with E-state index in [1.54, 1.807) is 6.20 Å². The van der Waals surface area contributed by atoms with Crippen molar-refractivity contribution in [2.45, 2.75) is 39.3 Å². The Labute approximate surface area is 134 Å². The predicted octanol–water partition coefficient (Wildman–Crippen LogP) is 4.32. The Morgan fingerprint density at radius 3 is 2.43 bits per heavy atom. The molecule has 3 nitrogen and oxygen atoms in total. The van der Waals surface area contributed by atoms with Gasteiger partial charge in [-0.1, -0.05) is 28.9 Å². The monoisotopic (exact) mass is 348 g/mol. The Kier molecular flexibility index (Phi) is 5.37. The van der Waals surface area contributed by atoms with Crippen molar-refractivity contribution in [3.8, 4) is 5.75 Å². The molecular weight excluding hydrogens is 328 g/mol. The van der Waals surface area contributed by atoms with Crippen LogP contribution >= 0.6 is 15.9 Å². The van der Waals surface area contributed by atoms with Crippen molar-refractivity contribution in [1.29, 1.82) is 0 Å². The maximum absolute atomic E-state index is 6.23. The normalized spacial score (nSPS) is 13.8. The number of hydrogen-bond acceptors (Lipinski definition) is 3. The molecule has 112 valence electrons. The molecule has 2 N–H and O–H groups in total. The minimum atomic E-state index is -0.240. The summed E-state index contributed by atoms with van der Waals surface area (Å²) in [7, 11) is 0. The van der Waals surface area contributed by atoms with Crippen molar-refractivity contribution in [1.82, 2.24) is 4.98 Å². The van der Waals surface area contributed by atoms with Crippen LogP contribution in [0.4, 0.5) is 0 Å². The van der Waals surface area contributed by atoms with Crippen molar-refractivity contribution in [3.63, 3.8) is 0 Å². The van der Waals surface area contributed by atoms with Crippen molar-refractivity contribution in [3.05, 3.63) is 57.8 Å². The van der Waals surface area contributed by atoms with Crippen molar-refractivity contribution >= 4 is 15.9 Å². The maximum atomic E-state index is 6.23. The van der Waals surface area contributed by atoms with Crippen LogP contribution in [-0.4, -0.2) is 11.0 Å². The van der Waals surface area contributed by atoms with Gasteiger partial charge in [0.2, 0.25) is 0 Å². The smallest absolute Gasteiger partial charge is 0.155 e. The van der Waals surface area contributed by atoms with E-state index in [2.05, 4.69) is 41.7 Å². The van der Waals surface area contributed by atoms with Crippen LogP contribution in [0.3, 0.4) is 0 Å². The third-order valence-electron chi connectivity index (χ3n) is 3.51. The van der Waals surface area contributed by atoms with Crippen LogP contribution in [0.2, 0.25) is 0 Å². The lowest BCUT2D eigenvalue weighted by atomic mass is 10.1. The van der Waals surface area contributed by atoms with Gasteiger partial charge in [-0.05, 0) is 55.7 Å². The average molecular weight is 349 g/mol. The number of benzene rings is 1. The van der Waals surface area contributed by atoms with Gasteiger partial charge in [0, 0.05) is 16.7 Å². The zero-order chi connectivity index (χ0) is 15.4. The molecule has 0 bridgehead atoms. The summed E-state index contributed by atoms with van der Waals surface area (Å²) in [4.78, 5) is 4.39. The first-order valence-corrected chi connectivity index (χ1v) is 7.92. The molecule has 4 heteroatoms. The second-order valence-electron chi connectivity index (χ2n) is 5.24. The van der Waals surface area contributed by atoms with Crippen molar-refractivity contribution in [2.24, 2.45) is 5.73 Å². The highest BCUT2D eigenvalue weighted by Crippen LogP contribution is 2.30. The molecule has 0 amide bonds. The maximum Gasteiger partial charge on any atom is 0.155 e. The fourth-order valence-corrected chi connectivity index (χ4v) is 2.48. The Morgan fingerprint density at radius 2 is 1.90 bits per heavy atom. The van der Waals surface area contributed by atoms with E-state index in [0.29, 0.717) is 0 Å². The third kappa shape index (κ3) is 3.83. The van der Waals surface area contributed by atoms with Gasteiger partial charge in [-0.3, -0.25) is 4.98 Å².